The standard InChI is InChI=1S/C21H20F2N2O3/c1-4-12(2)28-20-10-19(25-21(27)16(11-24)13(3)26)18(23)9-15(20)14-7-5-6-8-17(14)22/h5-10,12,26H,4H2,1-3H3,(H,25,27)/b16-13-. The minimum atomic E-state index is -0.963. The zero-order valence-electron chi connectivity index (χ0n) is 15.7. The average Bonchev–Trinajstić information content (AvgIpc) is 2.64. The fourth-order valence-corrected chi connectivity index (χ4v) is 2.42. The molecule has 0 spiro atoms. The van der Waals surface area contributed by atoms with Gasteiger partial charge in [-0.2, -0.15) is 5.26 Å². The number of ether oxygens (including phenoxy) is 1. The van der Waals surface area contributed by atoms with E-state index >= 15 is 0 Å². The molecule has 0 heterocycles. The number of nitrogens with zero attached hydrogens (tertiary/aromatic N) is 1. The highest BCUT2D eigenvalue weighted by molar-refractivity contribution is 6.07. The van der Waals surface area contributed by atoms with Gasteiger partial charge in [0.1, 0.15) is 29.2 Å². The van der Waals surface area contributed by atoms with E-state index in [1.54, 1.807) is 19.1 Å². The van der Waals surface area contributed by atoms with E-state index in [0.29, 0.717) is 6.42 Å². The van der Waals surface area contributed by atoms with E-state index in [2.05, 4.69) is 5.32 Å². The van der Waals surface area contributed by atoms with Crippen LogP contribution in [0.5, 0.6) is 5.75 Å². The number of nitrogens with one attached hydrogen (secondary N) is 1. The summed E-state index contributed by atoms with van der Waals surface area (Å²) in [5, 5.41) is 20.6. The summed E-state index contributed by atoms with van der Waals surface area (Å²) in [6, 6.07) is 9.75. The van der Waals surface area contributed by atoms with E-state index in [9.17, 15) is 18.7 Å². The lowest BCUT2D eigenvalue weighted by atomic mass is 10.0. The van der Waals surface area contributed by atoms with Crippen LogP contribution in [0.25, 0.3) is 11.1 Å². The maximum atomic E-state index is 14.6. The van der Waals surface area contributed by atoms with Gasteiger partial charge in [-0.3, -0.25) is 4.79 Å². The minimum absolute atomic E-state index is 0.154. The van der Waals surface area contributed by atoms with Crippen LogP contribution in [-0.2, 0) is 4.79 Å². The molecule has 0 saturated heterocycles. The number of halogens is 2. The van der Waals surface area contributed by atoms with Crippen LogP contribution < -0.4 is 10.1 Å². The summed E-state index contributed by atoms with van der Waals surface area (Å²) < 4.78 is 34.7. The van der Waals surface area contributed by atoms with Crippen LogP contribution in [0, 0.1) is 23.0 Å². The molecule has 0 saturated carbocycles. The molecule has 146 valence electrons. The largest absolute Gasteiger partial charge is 0.511 e. The van der Waals surface area contributed by atoms with Crippen LogP contribution in [0.15, 0.2) is 47.7 Å². The van der Waals surface area contributed by atoms with Gasteiger partial charge in [0.15, 0.2) is 5.57 Å². The van der Waals surface area contributed by atoms with E-state index in [1.165, 1.54) is 31.2 Å². The van der Waals surface area contributed by atoms with Gasteiger partial charge in [-0.05, 0) is 32.4 Å². The first kappa shape index (κ1) is 20.9. The number of amides is 1. The molecular weight excluding hydrogens is 366 g/mol. The summed E-state index contributed by atoms with van der Waals surface area (Å²) in [6.07, 6.45) is 0.412. The number of carbonyl (C=O) groups excluding carboxylic acids is 1. The van der Waals surface area contributed by atoms with E-state index in [-0.39, 0.29) is 28.7 Å². The van der Waals surface area contributed by atoms with Crippen molar-refractivity contribution in [3.8, 4) is 22.9 Å². The van der Waals surface area contributed by atoms with E-state index < -0.39 is 28.9 Å². The lowest BCUT2D eigenvalue weighted by Crippen LogP contribution is -2.17. The van der Waals surface area contributed by atoms with Gasteiger partial charge in [0.05, 0.1) is 11.8 Å². The number of allylic oxidation sites excluding steroid dienone is 1. The second-order valence-corrected chi connectivity index (χ2v) is 6.17. The second-order valence-electron chi connectivity index (χ2n) is 6.17. The lowest BCUT2D eigenvalue weighted by molar-refractivity contribution is -0.112. The van der Waals surface area contributed by atoms with Crippen molar-refractivity contribution in [2.75, 3.05) is 5.32 Å². The monoisotopic (exact) mass is 386 g/mol. The Bertz CT molecular complexity index is 961. The summed E-state index contributed by atoms with van der Waals surface area (Å²) in [5.74, 6) is -2.65. The van der Waals surface area contributed by atoms with Gasteiger partial charge in [0.2, 0.25) is 0 Å². The van der Waals surface area contributed by atoms with Gasteiger partial charge in [-0.1, -0.05) is 25.1 Å². The summed E-state index contributed by atoms with van der Waals surface area (Å²) >= 11 is 0. The molecule has 2 N–H and O–H groups in total. The maximum absolute atomic E-state index is 14.6. The first-order valence-electron chi connectivity index (χ1n) is 8.64. The van der Waals surface area contributed by atoms with Crippen LogP contribution >= 0.6 is 0 Å². The molecule has 0 radical (unpaired) electrons. The number of anilines is 1. The Morgan fingerprint density at radius 2 is 1.93 bits per heavy atom. The third-order valence-electron chi connectivity index (χ3n) is 4.09. The third-order valence-corrected chi connectivity index (χ3v) is 4.09. The molecule has 0 bridgehead atoms. The predicted molar refractivity (Wildman–Crippen MR) is 102 cm³/mol. The first-order chi connectivity index (χ1) is 13.3. The quantitative estimate of drug-likeness (QED) is 0.411. The third kappa shape index (κ3) is 4.65. The molecule has 0 aromatic heterocycles. The molecule has 7 heteroatoms. The van der Waals surface area contributed by atoms with Crippen molar-refractivity contribution in [3.05, 3.63) is 59.4 Å². The van der Waals surface area contributed by atoms with Crippen molar-refractivity contribution in [2.45, 2.75) is 33.3 Å². The summed E-state index contributed by atoms with van der Waals surface area (Å²) in [4.78, 5) is 12.1. The molecule has 1 amide bonds. The van der Waals surface area contributed by atoms with Gasteiger partial charge in [-0.25, -0.2) is 8.78 Å². The fourth-order valence-electron chi connectivity index (χ4n) is 2.42. The number of aliphatic hydroxyl groups is 1. The Hall–Kier alpha value is -3.40. The molecule has 5 nitrogen and oxygen atoms in total. The van der Waals surface area contributed by atoms with Crippen molar-refractivity contribution in [2.24, 2.45) is 0 Å². The number of rotatable bonds is 6. The summed E-state index contributed by atoms with van der Waals surface area (Å²) in [7, 11) is 0. The Morgan fingerprint density at radius 1 is 1.25 bits per heavy atom. The van der Waals surface area contributed by atoms with Gasteiger partial charge in [0, 0.05) is 17.2 Å². The number of benzene rings is 2. The van der Waals surface area contributed by atoms with Crippen molar-refractivity contribution < 1.29 is 23.4 Å². The summed E-state index contributed by atoms with van der Waals surface area (Å²) in [5.41, 5.74) is -0.441. The number of aliphatic hydroxyl groups excluding tert-OH is 1. The lowest BCUT2D eigenvalue weighted by Gasteiger charge is -2.18. The Balaban J connectivity index is 2.55. The Morgan fingerprint density at radius 3 is 2.50 bits per heavy atom. The van der Waals surface area contributed by atoms with Gasteiger partial charge >= 0.3 is 0 Å². The molecule has 2 aromatic carbocycles. The molecule has 1 atom stereocenters. The molecule has 28 heavy (non-hydrogen) atoms. The normalized spacial score (nSPS) is 12.6. The smallest absolute Gasteiger partial charge is 0.269 e. The minimum Gasteiger partial charge on any atom is -0.511 e. The van der Waals surface area contributed by atoms with Crippen LogP contribution in [0.4, 0.5) is 14.5 Å². The van der Waals surface area contributed by atoms with E-state index in [4.69, 9.17) is 10.00 Å². The first-order valence-corrected chi connectivity index (χ1v) is 8.64. The van der Waals surface area contributed by atoms with Crippen molar-refractivity contribution in [1.82, 2.24) is 0 Å². The van der Waals surface area contributed by atoms with Gasteiger partial charge in [0.25, 0.3) is 5.91 Å². The van der Waals surface area contributed by atoms with Crippen molar-refractivity contribution in [3.63, 3.8) is 0 Å². The molecular formula is C21H20F2N2O3. The zero-order valence-corrected chi connectivity index (χ0v) is 15.7. The van der Waals surface area contributed by atoms with Crippen molar-refractivity contribution >= 4 is 11.6 Å². The summed E-state index contributed by atoms with van der Waals surface area (Å²) in [6.45, 7) is 4.87. The zero-order chi connectivity index (χ0) is 20.8. The van der Waals surface area contributed by atoms with Crippen LogP contribution in [0.2, 0.25) is 0 Å². The second kappa shape index (κ2) is 9.00. The number of nitriles is 1. The average molecular weight is 386 g/mol. The molecule has 0 fully saturated rings. The molecule has 1 unspecified atom stereocenters. The van der Waals surface area contributed by atoms with Gasteiger partial charge in [-0.15, -0.1) is 0 Å². The van der Waals surface area contributed by atoms with Crippen LogP contribution in [0.1, 0.15) is 27.2 Å². The number of carbonyl (C=O) groups is 1. The Kier molecular flexibility index (Phi) is 6.72. The predicted octanol–water partition coefficient (Wildman–Crippen LogP) is 5.10. The molecule has 0 aliphatic heterocycles. The fraction of sp³-hybridized carbons (Fsp3) is 0.238. The van der Waals surface area contributed by atoms with E-state index in [0.717, 1.165) is 6.07 Å². The van der Waals surface area contributed by atoms with Crippen LogP contribution in [-0.4, -0.2) is 17.1 Å². The number of hydrogen-bond donors (Lipinski definition) is 2. The van der Waals surface area contributed by atoms with E-state index in [1.807, 2.05) is 6.92 Å². The molecule has 0 aliphatic carbocycles. The Labute approximate surface area is 161 Å². The highest BCUT2D eigenvalue weighted by atomic mass is 19.1. The van der Waals surface area contributed by atoms with Crippen molar-refractivity contribution in [1.29, 1.82) is 5.26 Å². The van der Waals surface area contributed by atoms with Gasteiger partial charge < -0.3 is 15.2 Å². The SMILES string of the molecule is CCC(C)Oc1cc(NC(=O)/C(C#N)=C(/C)O)c(F)cc1-c1ccccc1F. The number of hydrogen-bond acceptors (Lipinski definition) is 4. The van der Waals surface area contributed by atoms with Crippen LogP contribution in [0.3, 0.4) is 0 Å². The molecule has 0 aliphatic rings. The topological polar surface area (TPSA) is 82.3 Å². The highest BCUT2D eigenvalue weighted by Gasteiger charge is 2.20. The maximum Gasteiger partial charge on any atom is 0.269 e. The molecule has 2 rings (SSSR count). The molecule has 2 aromatic rings. The highest BCUT2D eigenvalue weighted by Crippen LogP contribution is 2.36.